The fraction of sp³-hybridized carbons (Fsp3) is 0.286. The predicted octanol–water partition coefficient (Wildman–Crippen LogP) is 2.89. The largest absolute Gasteiger partial charge is 0.440 e. The van der Waals surface area contributed by atoms with Gasteiger partial charge >= 0.3 is 6.09 Å². The average Bonchev–Trinajstić information content (AvgIpc) is 2.98. The lowest BCUT2D eigenvalue weighted by Gasteiger charge is -2.35. The summed E-state index contributed by atoms with van der Waals surface area (Å²) < 4.78 is 11.5. The van der Waals surface area contributed by atoms with Crippen molar-refractivity contribution < 1.29 is 19.4 Å². The number of ether oxygens (including phenoxy) is 2. The topological polar surface area (TPSA) is 59.0 Å². The summed E-state index contributed by atoms with van der Waals surface area (Å²) >= 11 is 0. The Hall–Kier alpha value is -2.63. The molecule has 2 aliphatic rings. The summed E-state index contributed by atoms with van der Waals surface area (Å²) in [6, 6.07) is 19.2. The summed E-state index contributed by atoms with van der Waals surface area (Å²) in [5.41, 5.74) is 2.03. The van der Waals surface area contributed by atoms with Crippen LogP contribution in [0.25, 0.3) is 0 Å². The van der Waals surface area contributed by atoms with Gasteiger partial charge in [0.1, 0.15) is 24.4 Å². The van der Waals surface area contributed by atoms with E-state index in [0.29, 0.717) is 13.2 Å². The van der Waals surface area contributed by atoms with Crippen LogP contribution >= 0.6 is 0 Å². The molecule has 4 atom stereocenters. The van der Waals surface area contributed by atoms with Gasteiger partial charge in [-0.25, -0.2) is 4.79 Å². The number of rotatable bonds is 5. The molecule has 0 spiro atoms. The van der Waals surface area contributed by atoms with Crippen molar-refractivity contribution >= 4 is 6.09 Å². The van der Waals surface area contributed by atoms with E-state index in [1.54, 1.807) is 17.1 Å². The first-order chi connectivity index (χ1) is 12.7. The number of benzene rings is 2. The van der Waals surface area contributed by atoms with E-state index in [1.807, 2.05) is 60.7 Å². The number of hydrogen-bond acceptors (Lipinski definition) is 4. The van der Waals surface area contributed by atoms with Crippen LogP contribution in [-0.2, 0) is 22.6 Å². The van der Waals surface area contributed by atoms with E-state index in [-0.39, 0.29) is 12.1 Å². The molecule has 1 amide bonds. The molecule has 0 aromatic heterocycles. The number of fused-ring (bicyclic) bond motifs is 1. The molecule has 134 valence electrons. The summed E-state index contributed by atoms with van der Waals surface area (Å²) in [5.74, 6) is 0. The highest BCUT2D eigenvalue weighted by molar-refractivity contribution is 5.71. The second kappa shape index (κ2) is 7.32. The maximum atomic E-state index is 12.4. The zero-order valence-corrected chi connectivity index (χ0v) is 14.3. The first-order valence-electron chi connectivity index (χ1n) is 8.75. The highest BCUT2D eigenvalue weighted by Crippen LogP contribution is 2.32. The van der Waals surface area contributed by atoms with Crippen molar-refractivity contribution in [3.8, 4) is 0 Å². The number of amides is 1. The first-order valence-corrected chi connectivity index (χ1v) is 8.75. The minimum absolute atomic E-state index is 0.355. The summed E-state index contributed by atoms with van der Waals surface area (Å²) in [5, 5.41) is 10.5. The zero-order chi connectivity index (χ0) is 17.9. The van der Waals surface area contributed by atoms with Crippen LogP contribution in [0.2, 0.25) is 0 Å². The smallest absolute Gasteiger partial charge is 0.411 e. The van der Waals surface area contributed by atoms with Crippen LogP contribution in [0.15, 0.2) is 72.8 Å². The molecule has 0 unspecified atom stereocenters. The molecule has 0 radical (unpaired) electrons. The number of hydrogen-bond donors (Lipinski definition) is 1. The molecular formula is C21H21NO4. The predicted molar refractivity (Wildman–Crippen MR) is 96.2 cm³/mol. The van der Waals surface area contributed by atoms with Gasteiger partial charge in [0.2, 0.25) is 0 Å². The number of carbonyl (C=O) groups excluding carboxylic acids is 1. The van der Waals surface area contributed by atoms with Gasteiger partial charge in [0.25, 0.3) is 0 Å². The summed E-state index contributed by atoms with van der Waals surface area (Å²) in [6.07, 6.45) is 1.29. The van der Waals surface area contributed by atoms with Crippen molar-refractivity contribution in [2.75, 3.05) is 0 Å². The third-order valence-electron chi connectivity index (χ3n) is 4.82. The molecule has 1 fully saturated rings. The maximum absolute atomic E-state index is 12.4. The van der Waals surface area contributed by atoms with Gasteiger partial charge in [-0.1, -0.05) is 66.7 Å². The molecule has 0 bridgehead atoms. The lowest BCUT2D eigenvalue weighted by Crippen LogP contribution is -2.52. The van der Waals surface area contributed by atoms with E-state index in [4.69, 9.17) is 9.47 Å². The molecule has 26 heavy (non-hydrogen) atoms. The molecule has 1 N–H and O–H groups in total. The van der Waals surface area contributed by atoms with Crippen molar-refractivity contribution in [3.63, 3.8) is 0 Å². The highest BCUT2D eigenvalue weighted by Gasteiger charge is 2.49. The Morgan fingerprint density at radius 1 is 0.962 bits per heavy atom. The number of nitrogens with zero attached hydrogens (tertiary/aromatic N) is 1. The molecule has 1 saturated heterocycles. The molecule has 5 heteroatoms. The fourth-order valence-electron chi connectivity index (χ4n) is 3.52. The van der Waals surface area contributed by atoms with Crippen molar-refractivity contribution in [2.24, 2.45) is 0 Å². The second-order valence-corrected chi connectivity index (χ2v) is 6.59. The number of aliphatic hydroxyl groups excluding tert-OH is 1. The minimum atomic E-state index is -0.785. The Morgan fingerprint density at radius 3 is 2.31 bits per heavy atom. The van der Waals surface area contributed by atoms with Gasteiger partial charge in [0.15, 0.2) is 0 Å². The normalized spacial score (nSPS) is 27.3. The summed E-state index contributed by atoms with van der Waals surface area (Å²) in [6.45, 7) is 0.791. The van der Waals surface area contributed by atoms with Crippen LogP contribution in [0.4, 0.5) is 4.79 Å². The van der Waals surface area contributed by atoms with Gasteiger partial charge in [-0.3, -0.25) is 4.90 Å². The molecule has 1 aliphatic carbocycles. The van der Waals surface area contributed by atoms with Crippen LogP contribution in [0.5, 0.6) is 0 Å². The standard InChI is InChI=1S/C21H21NO4/c23-17-11-12-18-19(20(17)25-14-16-9-5-2-6-10-16)22(21(24)26-18)13-15-7-3-1-4-8-15/h1-12,17-20,23H,13-14H2/t17-,18-,19-,20+/m0/s1. The van der Waals surface area contributed by atoms with Crippen LogP contribution in [0, 0.1) is 0 Å². The first kappa shape index (κ1) is 16.8. The number of carbonyl (C=O) groups is 1. The third-order valence-corrected chi connectivity index (χ3v) is 4.82. The van der Waals surface area contributed by atoms with Gasteiger partial charge in [-0.2, -0.15) is 0 Å². The van der Waals surface area contributed by atoms with Crippen LogP contribution in [0.1, 0.15) is 11.1 Å². The van der Waals surface area contributed by atoms with Gasteiger partial charge in [0.05, 0.1) is 6.61 Å². The van der Waals surface area contributed by atoms with E-state index in [2.05, 4.69) is 0 Å². The monoisotopic (exact) mass is 351 g/mol. The molecule has 4 rings (SSSR count). The van der Waals surface area contributed by atoms with E-state index in [0.717, 1.165) is 11.1 Å². The molecular weight excluding hydrogens is 330 g/mol. The molecule has 1 heterocycles. The quantitative estimate of drug-likeness (QED) is 0.842. The third kappa shape index (κ3) is 3.36. The Kier molecular flexibility index (Phi) is 4.73. The van der Waals surface area contributed by atoms with E-state index in [1.165, 1.54) is 0 Å². The van der Waals surface area contributed by atoms with Crippen LogP contribution in [0.3, 0.4) is 0 Å². The molecule has 2 aromatic rings. The number of aliphatic hydroxyl groups is 1. The molecule has 0 saturated carbocycles. The minimum Gasteiger partial charge on any atom is -0.440 e. The summed E-state index contributed by atoms with van der Waals surface area (Å²) in [4.78, 5) is 14.1. The zero-order valence-electron chi connectivity index (χ0n) is 14.3. The molecule has 2 aromatic carbocycles. The SMILES string of the molecule is O=C1O[C@H]2C=C[C@H](O)[C@@H](OCc3ccccc3)[C@H]2N1Cc1ccccc1. The van der Waals surface area contributed by atoms with Crippen molar-refractivity contribution in [3.05, 3.63) is 83.9 Å². The van der Waals surface area contributed by atoms with Crippen molar-refractivity contribution in [2.45, 2.75) is 37.5 Å². The van der Waals surface area contributed by atoms with Gasteiger partial charge < -0.3 is 14.6 Å². The van der Waals surface area contributed by atoms with Gasteiger partial charge in [0, 0.05) is 6.54 Å². The second-order valence-electron chi connectivity index (χ2n) is 6.59. The Labute approximate surface area is 152 Å². The molecule has 5 nitrogen and oxygen atoms in total. The van der Waals surface area contributed by atoms with Crippen LogP contribution in [-0.4, -0.2) is 40.5 Å². The van der Waals surface area contributed by atoms with Gasteiger partial charge in [-0.15, -0.1) is 0 Å². The van der Waals surface area contributed by atoms with Crippen molar-refractivity contribution in [1.82, 2.24) is 4.90 Å². The lowest BCUT2D eigenvalue weighted by molar-refractivity contribution is -0.0741. The Balaban J connectivity index is 1.54. The lowest BCUT2D eigenvalue weighted by atomic mass is 9.92. The highest BCUT2D eigenvalue weighted by atomic mass is 16.6. The van der Waals surface area contributed by atoms with E-state index in [9.17, 15) is 9.90 Å². The Bertz CT molecular complexity index is 777. The van der Waals surface area contributed by atoms with E-state index >= 15 is 0 Å². The van der Waals surface area contributed by atoms with Crippen molar-refractivity contribution in [1.29, 1.82) is 0 Å². The maximum Gasteiger partial charge on any atom is 0.411 e. The van der Waals surface area contributed by atoms with E-state index < -0.39 is 18.3 Å². The average molecular weight is 351 g/mol. The van der Waals surface area contributed by atoms with Crippen LogP contribution < -0.4 is 0 Å². The fourth-order valence-corrected chi connectivity index (χ4v) is 3.52. The Morgan fingerprint density at radius 2 is 1.62 bits per heavy atom. The summed E-state index contributed by atoms with van der Waals surface area (Å²) in [7, 11) is 0. The van der Waals surface area contributed by atoms with Gasteiger partial charge in [-0.05, 0) is 17.2 Å². The molecule has 1 aliphatic heterocycles.